The van der Waals surface area contributed by atoms with Crippen molar-refractivity contribution in [1.82, 2.24) is 24.6 Å². The number of anilines is 1. The third-order valence-corrected chi connectivity index (χ3v) is 5.77. The number of carbonyl (C=O) groups is 1. The van der Waals surface area contributed by atoms with Gasteiger partial charge in [-0.3, -0.25) is 4.79 Å². The van der Waals surface area contributed by atoms with E-state index in [-0.39, 0.29) is 5.91 Å². The van der Waals surface area contributed by atoms with Crippen LogP contribution in [0.3, 0.4) is 0 Å². The van der Waals surface area contributed by atoms with Crippen molar-refractivity contribution in [1.29, 1.82) is 0 Å². The van der Waals surface area contributed by atoms with Crippen molar-refractivity contribution in [2.75, 3.05) is 5.32 Å². The SMILES string of the molecule is Cc1nc2ncnn2c(C)c1CCC(=O)Nc1nc(-c2ccc(Br)cc2)cs1. The molecule has 0 saturated carbocycles. The van der Waals surface area contributed by atoms with Gasteiger partial charge in [0, 0.05) is 33.2 Å². The van der Waals surface area contributed by atoms with E-state index in [1.165, 1.54) is 17.7 Å². The molecular formula is C19H17BrN6OS. The Hall–Kier alpha value is -2.65. The van der Waals surface area contributed by atoms with Crippen LogP contribution in [0.5, 0.6) is 0 Å². The molecule has 3 heterocycles. The summed E-state index contributed by atoms with van der Waals surface area (Å²) >= 11 is 4.84. The highest BCUT2D eigenvalue weighted by atomic mass is 79.9. The van der Waals surface area contributed by atoms with Gasteiger partial charge in [-0.05, 0) is 38.0 Å². The highest BCUT2D eigenvalue weighted by Gasteiger charge is 2.13. The maximum absolute atomic E-state index is 12.4. The van der Waals surface area contributed by atoms with Crippen molar-refractivity contribution >= 4 is 44.1 Å². The lowest BCUT2D eigenvalue weighted by Gasteiger charge is -2.10. The Morgan fingerprint density at radius 2 is 2.00 bits per heavy atom. The molecule has 4 rings (SSSR count). The summed E-state index contributed by atoms with van der Waals surface area (Å²) in [6, 6.07) is 7.92. The van der Waals surface area contributed by atoms with E-state index in [0.29, 0.717) is 23.8 Å². The molecule has 9 heteroatoms. The van der Waals surface area contributed by atoms with Gasteiger partial charge in [-0.15, -0.1) is 11.3 Å². The number of amides is 1. The number of carbonyl (C=O) groups excluding carboxylic acids is 1. The van der Waals surface area contributed by atoms with E-state index in [1.54, 1.807) is 4.52 Å². The summed E-state index contributed by atoms with van der Waals surface area (Å²) in [4.78, 5) is 25.5. The molecule has 0 saturated heterocycles. The summed E-state index contributed by atoms with van der Waals surface area (Å²) in [5.41, 5.74) is 4.71. The molecular weight excluding hydrogens is 440 g/mol. The molecule has 0 atom stereocenters. The molecule has 0 bridgehead atoms. The van der Waals surface area contributed by atoms with Crippen molar-refractivity contribution in [3.05, 3.63) is 57.4 Å². The van der Waals surface area contributed by atoms with Crippen LogP contribution < -0.4 is 5.32 Å². The van der Waals surface area contributed by atoms with Crippen LogP contribution in [0.25, 0.3) is 17.0 Å². The van der Waals surface area contributed by atoms with E-state index in [9.17, 15) is 4.79 Å². The van der Waals surface area contributed by atoms with Crippen LogP contribution in [0, 0.1) is 13.8 Å². The fourth-order valence-corrected chi connectivity index (χ4v) is 4.02. The number of benzene rings is 1. The van der Waals surface area contributed by atoms with Crippen molar-refractivity contribution < 1.29 is 4.79 Å². The maximum Gasteiger partial charge on any atom is 0.252 e. The number of hydrogen-bond donors (Lipinski definition) is 1. The molecule has 0 spiro atoms. The average Bonchev–Trinajstić information content (AvgIpc) is 3.31. The first-order chi connectivity index (χ1) is 13.5. The number of nitrogens with one attached hydrogen (secondary N) is 1. The van der Waals surface area contributed by atoms with Crippen molar-refractivity contribution in [2.24, 2.45) is 0 Å². The van der Waals surface area contributed by atoms with Gasteiger partial charge in [-0.2, -0.15) is 10.1 Å². The number of fused-ring (bicyclic) bond motifs is 1. The minimum atomic E-state index is -0.0748. The second-order valence-corrected chi connectivity index (χ2v) is 8.10. The third-order valence-electron chi connectivity index (χ3n) is 4.48. The topological polar surface area (TPSA) is 85.1 Å². The molecule has 28 heavy (non-hydrogen) atoms. The second kappa shape index (κ2) is 7.76. The Kier molecular flexibility index (Phi) is 5.19. The minimum absolute atomic E-state index is 0.0748. The van der Waals surface area contributed by atoms with Gasteiger partial charge in [0.15, 0.2) is 5.13 Å². The Morgan fingerprint density at radius 1 is 1.21 bits per heavy atom. The lowest BCUT2D eigenvalue weighted by atomic mass is 10.1. The molecule has 1 N–H and O–H groups in total. The summed E-state index contributed by atoms with van der Waals surface area (Å²) < 4.78 is 2.72. The van der Waals surface area contributed by atoms with Crippen LogP contribution in [0.15, 0.2) is 40.4 Å². The fraction of sp³-hybridized carbons (Fsp3) is 0.211. The molecule has 1 aromatic carbocycles. The molecule has 142 valence electrons. The van der Waals surface area contributed by atoms with E-state index in [1.807, 2.05) is 43.5 Å². The molecule has 0 aliphatic heterocycles. The van der Waals surface area contributed by atoms with Crippen LogP contribution >= 0.6 is 27.3 Å². The lowest BCUT2D eigenvalue weighted by Crippen LogP contribution is -2.14. The van der Waals surface area contributed by atoms with Gasteiger partial charge in [0.25, 0.3) is 5.78 Å². The third kappa shape index (κ3) is 3.81. The predicted octanol–water partition coefficient (Wildman–Crippen LogP) is 4.20. The summed E-state index contributed by atoms with van der Waals surface area (Å²) in [6.45, 7) is 3.90. The summed E-state index contributed by atoms with van der Waals surface area (Å²) in [6.07, 6.45) is 2.41. The van der Waals surface area contributed by atoms with E-state index in [0.717, 1.165) is 32.7 Å². The first-order valence-electron chi connectivity index (χ1n) is 8.68. The summed E-state index contributed by atoms with van der Waals surface area (Å²) in [7, 11) is 0. The van der Waals surface area contributed by atoms with Crippen LogP contribution in [0.1, 0.15) is 23.4 Å². The van der Waals surface area contributed by atoms with Gasteiger partial charge >= 0.3 is 0 Å². The number of rotatable bonds is 5. The highest BCUT2D eigenvalue weighted by Crippen LogP contribution is 2.26. The molecule has 0 aliphatic rings. The van der Waals surface area contributed by atoms with Gasteiger partial charge in [0.1, 0.15) is 6.33 Å². The maximum atomic E-state index is 12.4. The molecule has 1 amide bonds. The molecule has 0 fully saturated rings. The normalized spacial score (nSPS) is 11.1. The van der Waals surface area contributed by atoms with Crippen molar-refractivity contribution in [3.8, 4) is 11.3 Å². The molecule has 3 aromatic heterocycles. The van der Waals surface area contributed by atoms with E-state index < -0.39 is 0 Å². The second-order valence-electron chi connectivity index (χ2n) is 6.33. The van der Waals surface area contributed by atoms with Crippen molar-refractivity contribution in [3.63, 3.8) is 0 Å². The standard InChI is InChI=1S/C19H17BrN6OS/c1-11-15(12(2)26-18(23-11)21-10-22-26)7-8-17(27)25-19-24-16(9-28-19)13-3-5-14(20)6-4-13/h3-6,9-10H,7-8H2,1-2H3,(H,24,25,27). The zero-order chi connectivity index (χ0) is 19.7. The Bertz CT molecular complexity index is 1150. The van der Waals surface area contributed by atoms with Crippen LogP contribution in [-0.2, 0) is 11.2 Å². The quantitative estimate of drug-likeness (QED) is 0.486. The number of aromatic nitrogens is 5. The molecule has 0 radical (unpaired) electrons. The van der Waals surface area contributed by atoms with E-state index in [2.05, 4.69) is 41.3 Å². The van der Waals surface area contributed by atoms with Gasteiger partial charge in [-0.1, -0.05) is 28.1 Å². The number of hydrogen-bond acceptors (Lipinski definition) is 6. The van der Waals surface area contributed by atoms with Crippen LogP contribution in [0.4, 0.5) is 5.13 Å². The van der Waals surface area contributed by atoms with Crippen LogP contribution in [0.2, 0.25) is 0 Å². The Balaban J connectivity index is 1.42. The summed E-state index contributed by atoms with van der Waals surface area (Å²) in [5.74, 6) is 0.501. The summed E-state index contributed by atoms with van der Waals surface area (Å²) in [5, 5.41) is 9.61. The molecule has 0 unspecified atom stereocenters. The zero-order valence-electron chi connectivity index (χ0n) is 15.3. The van der Waals surface area contributed by atoms with Gasteiger partial charge < -0.3 is 5.32 Å². The number of halogens is 1. The lowest BCUT2D eigenvalue weighted by molar-refractivity contribution is -0.116. The highest BCUT2D eigenvalue weighted by molar-refractivity contribution is 9.10. The first kappa shape index (κ1) is 18.7. The number of aryl methyl sites for hydroxylation is 2. The molecule has 4 aromatic rings. The monoisotopic (exact) mass is 456 g/mol. The predicted molar refractivity (Wildman–Crippen MR) is 112 cm³/mol. The number of nitrogens with zero attached hydrogens (tertiary/aromatic N) is 5. The number of thiazole rings is 1. The minimum Gasteiger partial charge on any atom is -0.302 e. The van der Waals surface area contributed by atoms with Crippen LogP contribution in [-0.4, -0.2) is 30.5 Å². The molecule has 7 nitrogen and oxygen atoms in total. The Labute approximate surface area is 174 Å². The molecule has 0 aliphatic carbocycles. The average molecular weight is 457 g/mol. The van der Waals surface area contributed by atoms with E-state index >= 15 is 0 Å². The zero-order valence-corrected chi connectivity index (χ0v) is 17.7. The van der Waals surface area contributed by atoms with Gasteiger partial charge in [-0.25, -0.2) is 14.5 Å². The largest absolute Gasteiger partial charge is 0.302 e. The van der Waals surface area contributed by atoms with Gasteiger partial charge in [0.05, 0.1) is 5.69 Å². The smallest absolute Gasteiger partial charge is 0.252 e. The van der Waals surface area contributed by atoms with Gasteiger partial charge in [0.2, 0.25) is 5.91 Å². The fourth-order valence-electron chi connectivity index (χ4n) is 3.02. The first-order valence-corrected chi connectivity index (χ1v) is 10.4. The van der Waals surface area contributed by atoms with E-state index in [4.69, 9.17) is 0 Å². The van der Waals surface area contributed by atoms with Crippen molar-refractivity contribution in [2.45, 2.75) is 26.7 Å². The Morgan fingerprint density at radius 3 is 2.79 bits per heavy atom.